The zero-order chi connectivity index (χ0) is 15.2. The first-order chi connectivity index (χ1) is 10.1. The molecule has 0 unspecified atom stereocenters. The third-order valence-corrected chi connectivity index (χ3v) is 2.90. The fourth-order valence-electron chi connectivity index (χ4n) is 1.67. The van der Waals surface area contributed by atoms with Gasteiger partial charge in [0.05, 0.1) is 24.6 Å². The number of nitrogens with one attached hydrogen (secondary N) is 2. The second kappa shape index (κ2) is 6.83. The summed E-state index contributed by atoms with van der Waals surface area (Å²) >= 11 is 0. The minimum absolute atomic E-state index is 0.224. The Bertz CT molecular complexity index is 604. The molecule has 0 bridgehead atoms. The summed E-state index contributed by atoms with van der Waals surface area (Å²) in [6.07, 6.45) is 3.99. The van der Waals surface area contributed by atoms with Crippen molar-refractivity contribution in [3.8, 4) is 0 Å². The van der Waals surface area contributed by atoms with E-state index in [1.165, 1.54) is 6.20 Å². The molecule has 0 spiro atoms. The van der Waals surface area contributed by atoms with Crippen molar-refractivity contribution >= 4 is 11.7 Å². The lowest BCUT2D eigenvalue weighted by molar-refractivity contribution is 0.0942. The highest BCUT2D eigenvalue weighted by atomic mass is 16.4. The molecule has 0 radical (unpaired) electrons. The van der Waals surface area contributed by atoms with Crippen LogP contribution in [0.25, 0.3) is 0 Å². The van der Waals surface area contributed by atoms with Crippen LogP contribution in [0, 0.1) is 13.8 Å². The summed E-state index contributed by atoms with van der Waals surface area (Å²) in [5, 5.41) is 5.80. The van der Waals surface area contributed by atoms with Gasteiger partial charge in [0.25, 0.3) is 5.91 Å². The summed E-state index contributed by atoms with van der Waals surface area (Å²) in [4.78, 5) is 24.4. The summed E-state index contributed by atoms with van der Waals surface area (Å²) in [6.45, 7) is 6.76. The van der Waals surface area contributed by atoms with E-state index in [0.29, 0.717) is 11.7 Å². The first kappa shape index (κ1) is 15.0. The molecule has 0 aliphatic rings. The van der Waals surface area contributed by atoms with E-state index in [4.69, 9.17) is 4.42 Å². The lowest BCUT2D eigenvalue weighted by Gasteiger charge is -2.05. The van der Waals surface area contributed by atoms with Gasteiger partial charge in [-0.3, -0.25) is 9.78 Å². The second-order valence-corrected chi connectivity index (χ2v) is 4.65. The van der Waals surface area contributed by atoms with Crippen LogP contribution in [-0.2, 0) is 6.54 Å². The number of rotatable bonds is 6. The van der Waals surface area contributed by atoms with Crippen molar-refractivity contribution in [2.24, 2.45) is 0 Å². The monoisotopic (exact) mass is 289 g/mol. The number of carbonyl (C=O) groups excluding carboxylic acids is 1. The average molecular weight is 289 g/mol. The topological polar surface area (TPSA) is 92.9 Å². The predicted molar refractivity (Wildman–Crippen MR) is 78.0 cm³/mol. The Balaban J connectivity index is 1.96. The van der Waals surface area contributed by atoms with Crippen LogP contribution in [0.1, 0.15) is 41.2 Å². The number of aryl methyl sites for hydroxylation is 2. The molecule has 7 nitrogen and oxygen atoms in total. The normalized spacial score (nSPS) is 10.4. The van der Waals surface area contributed by atoms with Gasteiger partial charge in [0.1, 0.15) is 17.3 Å². The van der Waals surface area contributed by atoms with Crippen molar-refractivity contribution in [2.45, 2.75) is 33.7 Å². The molecule has 1 amide bonds. The molecule has 0 aliphatic heterocycles. The molecule has 2 heterocycles. The molecule has 112 valence electrons. The first-order valence-electron chi connectivity index (χ1n) is 6.87. The number of amides is 1. The summed E-state index contributed by atoms with van der Waals surface area (Å²) in [6, 6.07) is 0. The molecule has 0 atom stereocenters. The third-order valence-electron chi connectivity index (χ3n) is 2.90. The molecule has 0 saturated carbocycles. The predicted octanol–water partition coefficient (Wildman–Crippen LogP) is 1.83. The molecule has 7 heteroatoms. The van der Waals surface area contributed by atoms with E-state index in [-0.39, 0.29) is 18.1 Å². The van der Waals surface area contributed by atoms with Crippen molar-refractivity contribution in [3.63, 3.8) is 0 Å². The third kappa shape index (κ3) is 4.01. The number of carbonyl (C=O) groups is 1. The van der Waals surface area contributed by atoms with Crippen molar-refractivity contribution in [1.29, 1.82) is 0 Å². The lowest BCUT2D eigenvalue weighted by Crippen LogP contribution is -2.24. The number of nitrogens with zero attached hydrogens (tertiary/aromatic N) is 3. The first-order valence-corrected chi connectivity index (χ1v) is 6.87. The highest BCUT2D eigenvalue weighted by Gasteiger charge is 2.11. The van der Waals surface area contributed by atoms with Crippen LogP contribution in [0.3, 0.4) is 0 Å². The second-order valence-electron chi connectivity index (χ2n) is 4.65. The van der Waals surface area contributed by atoms with Crippen molar-refractivity contribution in [1.82, 2.24) is 20.3 Å². The molecule has 0 aliphatic carbocycles. The van der Waals surface area contributed by atoms with Gasteiger partial charge < -0.3 is 15.1 Å². The van der Waals surface area contributed by atoms with Gasteiger partial charge in [-0.25, -0.2) is 9.97 Å². The van der Waals surface area contributed by atoms with Gasteiger partial charge in [-0.05, 0) is 20.3 Å². The van der Waals surface area contributed by atoms with Crippen LogP contribution in [-0.4, -0.2) is 27.4 Å². The summed E-state index contributed by atoms with van der Waals surface area (Å²) < 4.78 is 5.40. The SMILES string of the molecule is CCCNc1cncc(C(=O)NCc2nc(C)c(C)o2)n1. The molecule has 21 heavy (non-hydrogen) atoms. The number of anilines is 1. The molecule has 2 aromatic heterocycles. The summed E-state index contributed by atoms with van der Waals surface area (Å²) in [5.41, 5.74) is 1.08. The minimum atomic E-state index is -0.309. The Morgan fingerprint density at radius 2 is 2.10 bits per heavy atom. The largest absolute Gasteiger partial charge is 0.444 e. The number of hydrogen-bond donors (Lipinski definition) is 2. The van der Waals surface area contributed by atoms with E-state index in [9.17, 15) is 4.79 Å². The Morgan fingerprint density at radius 3 is 2.76 bits per heavy atom. The molecule has 0 aromatic carbocycles. The maximum absolute atomic E-state index is 12.0. The molecular weight excluding hydrogens is 270 g/mol. The molecule has 0 saturated heterocycles. The quantitative estimate of drug-likeness (QED) is 0.842. The Morgan fingerprint density at radius 1 is 1.29 bits per heavy atom. The molecule has 0 fully saturated rings. The maximum Gasteiger partial charge on any atom is 0.272 e. The molecule has 2 N–H and O–H groups in total. The number of hydrogen-bond acceptors (Lipinski definition) is 6. The highest BCUT2D eigenvalue weighted by Crippen LogP contribution is 2.08. The number of aromatic nitrogens is 3. The Hall–Kier alpha value is -2.44. The van der Waals surface area contributed by atoms with Gasteiger partial charge in [-0.2, -0.15) is 0 Å². The van der Waals surface area contributed by atoms with Gasteiger partial charge in [0, 0.05) is 6.54 Å². The van der Waals surface area contributed by atoms with E-state index >= 15 is 0 Å². The smallest absolute Gasteiger partial charge is 0.272 e. The van der Waals surface area contributed by atoms with Gasteiger partial charge in [0.2, 0.25) is 5.89 Å². The van der Waals surface area contributed by atoms with Crippen LogP contribution in [0.4, 0.5) is 5.82 Å². The van der Waals surface area contributed by atoms with Crippen molar-refractivity contribution in [2.75, 3.05) is 11.9 Å². The van der Waals surface area contributed by atoms with Gasteiger partial charge in [-0.15, -0.1) is 0 Å². The Kier molecular flexibility index (Phi) is 4.86. The van der Waals surface area contributed by atoms with Crippen molar-refractivity contribution in [3.05, 3.63) is 35.4 Å². The average Bonchev–Trinajstić information content (AvgIpc) is 2.81. The standard InChI is InChI=1S/C14H19N5O2/c1-4-5-16-12-7-15-6-11(19-12)14(20)17-8-13-18-9(2)10(3)21-13/h6-7H,4-5,8H2,1-3H3,(H,16,19)(H,17,20). The van der Waals surface area contributed by atoms with E-state index in [0.717, 1.165) is 24.4 Å². The van der Waals surface area contributed by atoms with E-state index < -0.39 is 0 Å². The van der Waals surface area contributed by atoms with Crippen LogP contribution >= 0.6 is 0 Å². The van der Waals surface area contributed by atoms with Crippen LogP contribution in [0.15, 0.2) is 16.8 Å². The zero-order valence-electron chi connectivity index (χ0n) is 12.4. The van der Waals surface area contributed by atoms with Gasteiger partial charge in [-0.1, -0.05) is 6.92 Å². The van der Waals surface area contributed by atoms with E-state index in [1.54, 1.807) is 6.20 Å². The van der Waals surface area contributed by atoms with Crippen LogP contribution < -0.4 is 10.6 Å². The summed E-state index contributed by atoms with van der Waals surface area (Å²) in [7, 11) is 0. The number of oxazole rings is 1. The molecular formula is C14H19N5O2. The van der Waals surface area contributed by atoms with Crippen LogP contribution in [0.2, 0.25) is 0 Å². The van der Waals surface area contributed by atoms with E-state index in [2.05, 4.69) is 32.5 Å². The lowest BCUT2D eigenvalue weighted by atomic mass is 10.4. The highest BCUT2D eigenvalue weighted by molar-refractivity contribution is 5.92. The minimum Gasteiger partial charge on any atom is -0.444 e. The van der Waals surface area contributed by atoms with Gasteiger partial charge >= 0.3 is 0 Å². The Labute approximate surface area is 123 Å². The zero-order valence-corrected chi connectivity index (χ0v) is 12.4. The molecule has 2 rings (SSSR count). The van der Waals surface area contributed by atoms with Crippen LogP contribution in [0.5, 0.6) is 0 Å². The van der Waals surface area contributed by atoms with Crippen molar-refractivity contribution < 1.29 is 9.21 Å². The molecule has 2 aromatic rings. The fourth-order valence-corrected chi connectivity index (χ4v) is 1.67. The van der Waals surface area contributed by atoms with Gasteiger partial charge in [0.15, 0.2) is 0 Å². The fraction of sp³-hybridized carbons (Fsp3) is 0.429. The van der Waals surface area contributed by atoms with E-state index in [1.807, 2.05) is 13.8 Å². The summed E-state index contributed by atoms with van der Waals surface area (Å²) in [5.74, 6) is 1.51. The maximum atomic E-state index is 12.0.